The lowest BCUT2D eigenvalue weighted by Gasteiger charge is -2.04. The predicted molar refractivity (Wildman–Crippen MR) is 76.2 cm³/mol. The van der Waals surface area contributed by atoms with Crippen molar-refractivity contribution in [3.63, 3.8) is 0 Å². The maximum atomic E-state index is 13.3. The van der Waals surface area contributed by atoms with Gasteiger partial charge in [0, 0.05) is 19.3 Å². The number of rotatable bonds is 4. The number of aliphatic carboxylic acids is 1. The summed E-state index contributed by atoms with van der Waals surface area (Å²) in [6, 6.07) is 4.30. The highest BCUT2D eigenvalue weighted by Gasteiger charge is 2.15. The molecule has 0 radical (unpaired) electrons. The Morgan fingerprint density at radius 2 is 2.29 bits per heavy atom. The molecule has 0 amide bonds. The zero-order valence-electron chi connectivity index (χ0n) is 11.0. The fourth-order valence-electron chi connectivity index (χ4n) is 2.03. The second kappa shape index (κ2) is 5.21. The standard InChI is InChI=1S/C13H11FN4O2S/c1-17-6-9(5-15-17)18-11-3-2-8(14)4-10(11)16-13(18)21-7-12(19)20/h2-6H,7H2,1H3,(H,19,20). The summed E-state index contributed by atoms with van der Waals surface area (Å²) in [5.41, 5.74) is 1.93. The van der Waals surface area contributed by atoms with Gasteiger partial charge >= 0.3 is 5.97 Å². The third kappa shape index (κ3) is 2.62. The lowest BCUT2D eigenvalue weighted by molar-refractivity contribution is -0.133. The van der Waals surface area contributed by atoms with Gasteiger partial charge in [-0.05, 0) is 12.1 Å². The molecule has 6 nitrogen and oxygen atoms in total. The molecule has 2 aromatic heterocycles. The third-order valence-corrected chi connectivity index (χ3v) is 3.78. The molecule has 3 aromatic rings. The highest BCUT2D eigenvalue weighted by Crippen LogP contribution is 2.28. The Morgan fingerprint density at radius 3 is 2.95 bits per heavy atom. The smallest absolute Gasteiger partial charge is 0.313 e. The zero-order valence-corrected chi connectivity index (χ0v) is 11.8. The first-order chi connectivity index (χ1) is 10.0. The average Bonchev–Trinajstić information content (AvgIpc) is 2.98. The van der Waals surface area contributed by atoms with Gasteiger partial charge in [0.25, 0.3) is 0 Å². The number of thioether (sulfide) groups is 1. The lowest BCUT2D eigenvalue weighted by atomic mass is 10.3. The van der Waals surface area contributed by atoms with E-state index in [1.54, 1.807) is 34.8 Å². The fourth-order valence-corrected chi connectivity index (χ4v) is 2.78. The molecule has 0 aliphatic carbocycles. The molecule has 1 aromatic carbocycles. The molecule has 0 saturated heterocycles. The number of carboxylic acids is 1. The van der Waals surface area contributed by atoms with E-state index < -0.39 is 5.97 Å². The van der Waals surface area contributed by atoms with Gasteiger partial charge in [0.2, 0.25) is 0 Å². The van der Waals surface area contributed by atoms with E-state index in [0.29, 0.717) is 16.2 Å². The first-order valence-electron chi connectivity index (χ1n) is 6.06. The lowest BCUT2D eigenvalue weighted by Crippen LogP contribution is -2.01. The van der Waals surface area contributed by atoms with Crippen molar-refractivity contribution in [3.8, 4) is 5.69 Å². The van der Waals surface area contributed by atoms with Gasteiger partial charge in [0.1, 0.15) is 5.82 Å². The van der Waals surface area contributed by atoms with Crippen molar-refractivity contribution >= 4 is 28.8 Å². The van der Waals surface area contributed by atoms with Crippen LogP contribution in [0, 0.1) is 5.82 Å². The van der Waals surface area contributed by atoms with E-state index in [2.05, 4.69) is 10.1 Å². The van der Waals surface area contributed by atoms with Gasteiger partial charge in [-0.1, -0.05) is 11.8 Å². The van der Waals surface area contributed by atoms with Crippen molar-refractivity contribution in [2.24, 2.45) is 7.05 Å². The van der Waals surface area contributed by atoms with E-state index in [1.807, 2.05) is 0 Å². The Hall–Kier alpha value is -2.35. The highest BCUT2D eigenvalue weighted by atomic mass is 32.2. The summed E-state index contributed by atoms with van der Waals surface area (Å²) in [5.74, 6) is -1.43. The van der Waals surface area contributed by atoms with Gasteiger partial charge in [-0.2, -0.15) is 5.10 Å². The SMILES string of the molecule is Cn1cc(-n2c(SCC(=O)O)nc3cc(F)ccc32)cn1. The molecular weight excluding hydrogens is 295 g/mol. The molecule has 8 heteroatoms. The van der Waals surface area contributed by atoms with Crippen LogP contribution < -0.4 is 0 Å². The number of hydrogen-bond acceptors (Lipinski definition) is 4. The largest absolute Gasteiger partial charge is 0.481 e. The minimum absolute atomic E-state index is 0.119. The number of hydrogen-bond donors (Lipinski definition) is 1. The summed E-state index contributed by atoms with van der Waals surface area (Å²) in [6.45, 7) is 0. The first kappa shape index (κ1) is 13.6. The van der Waals surface area contributed by atoms with Crippen LogP contribution in [0.15, 0.2) is 35.7 Å². The number of fused-ring (bicyclic) bond motifs is 1. The van der Waals surface area contributed by atoms with Gasteiger partial charge in [-0.15, -0.1) is 0 Å². The minimum Gasteiger partial charge on any atom is -0.481 e. The molecule has 3 rings (SSSR count). The topological polar surface area (TPSA) is 72.9 Å². The fraction of sp³-hybridized carbons (Fsp3) is 0.154. The van der Waals surface area contributed by atoms with E-state index in [4.69, 9.17) is 5.11 Å². The van der Waals surface area contributed by atoms with Crippen LogP contribution in [0.25, 0.3) is 16.7 Å². The molecule has 21 heavy (non-hydrogen) atoms. The molecule has 0 aliphatic rings. The Balaban J connectivity index is 2.17. The third-order valence-electron chi connectivity index (χ3n) is 2.86. The van der Waals surface area contributed by atoms with E-state index in [-0.39, 0.29) is 11.6 Å². The zero-order chi connectivity index (χ0) is 15.0. The number of carboxylic acid groups (broad SMARTS) is 1. The molecule has 0 bridgehead atoms. The molecule has 0 unspecified atom stereocenters. The Labute approximate surface area is 123 Å². The number of aromatic nitrogens is 4. The molecular formula is C13H11FN4O2S. The normalized spacial score (nSPS) is 11.1. The highest BCUT2D eigenvalue weighted by molar-refractivity contribution is 7.99. The number of aryl methyl sites for hydroxylation is 1. The summed E-state index contributed by atoms with van der Waals surface area (Å²) in [6.07, 6.45) is 3.44. The van der Waals surface area contributed by atoms with Crippen LogP contribution in [0.1, 0.15) is 0 Å². The molecule has 1 N–H and O–H groups in total. The predicted octanol–water partition coefficient (Wildman–Crippen LogP) is 2.07. The van der Waals surface area contributed by atoms with Crippen molar-refractivity contribution in [2.45, 2.75) is 5.16 Å². The molecule has 108 valence electrons. The number of carbonyl (C=O) groups is 1. The number of imidazole rings is 1. The van der Waals surface area contributed by atoms with Gasteiger partial charge < -0.3 is 5.11 Å². The van der Waals surface area contributed by atoms with Crippen LogP contribution in [0.3, 0.4) is 0 Å². The molecule has 0 saturated carbocycles. The van der Waals surface area contributed by atoms with Crippen LogP contribution in [0.4, 0.5) is 4.39 Å². The van der Waals surface area contributed by atoms with Crippen molar-refractivity contribution in [1.82, 2.24) is 19.3 Å². The maximum Gasteiger partial charge on any atom is 0.313 e. The Kier molecular flexibility index (Phi) is 3.38. The quantitative estimate of drug-likeness (QED) is 0.747. The van der Waals surface area contributed by atoms with Crippen molar-refractivity contribution in [3.05, 3.63) is 36.4 Å². The van der Waals surface area contributed by atoms with Crippen molar-refractivity contribution < 1.29 is 14.3 Å². The van der Waals surface area contributed by atoms with E-state index >= 15 is 0 Å². The van der Waals surface area contributed by atoms with Gasteiger partial charge in [-0.25, -0.2) is 9.37 Å². The van der Waals surface area contributed by atoms with Gasteiger partial charge in [0.15, 0.2) is 5.16 Å². The molecule has 0 atom stereocenters. The monoisotopic (exact) mass is 306 g/mol. The second-order valence-electron chi connectivity index (χ2n) is 4.42. The van der Waals surface area contributed by atoms with E-state index in [9.17, 15) is 9.18 Å². The Morgan fingerprint density at radius 1 is 1.48 bits per heavy atom. The Bertz CT molecular complexity index is 827. The minimum atomic E-state index is -0.934. The van der Waals surface area contributed by atoms with E-state index in [0.717, 1.165) is 17.4 Å². The van der Waals surface area contributed by atoms with Crippen LogP contribution in [0.5, 0.6) is 0 Å². The van der Waals surface area contributed by atoms with Crippen molar-refractivity contribution in [1.29, 1.82) is 0 Å². The van der Waals surface area contributed by atoms with Gasteiger partial charge in [-0.3, -0.25) is 14.0 Å². The van der Waals surface area contributed by atoms with Crippen LogP contribution in [0.2, 0.25) is 0 Å². The summed E-state index contributed by atoms with van der Waals surface area (Å²) in [7, 11) is 1.78. The molecule has 0 spiro atoms. The average molecular weight is 306 g/mol. The summed E-state index contributed by atoms with van der Waals surface area (Å²) >= 11 is 1.08. The van der Waals surface area contributed by atoms with Crippen molar-refractivity contribution in [2.75, 3.05) is 5.75 Å². The molecule has 2 heterocycles. The van der Waals surface area contributed by atoms with Gasteiger partial charge in [0.05, 0.1) is 28.7 Å². The number of halogens is 1. The molecule has 0 fully saturated rings. The molecule has 0 aliphatic heterocycles. The van der Waals surface area contributed by atoms with Crippen LogP contribution in [-0.4, -0.2) is 36.2 Å². The number of nitrogens with zero attached hydrogens (tertiary/aromatic N) is 4. The second-order valence-corrected chi connectivity index (χ2v) is 5.36. The van der Waals surface area contributed by atoms with Crippen LogP contribution in [-0.2, 0) is 11.8 Å². The van der Waals surface area contributed by atoms with Crippen LogP contribution >= 0.6 is 11.8 Å². The summed E-state index contributed by atoms with van der Waals surface area (Å²) in [4.78, 5) is 15.1. The summed E-state index contributed by atoms with van der Waals surface area (Å²) < 4.78 is 16.7. The summed E-state index contributed by atoms with van der Waals surface area (Å²) in [5, 5.41) is 13.4. The maximum absolute atomic E-state index is 13.3. The number of benzene rings is 1. The van der Waals surface area contributed by atoms with E-state index in [1.165, 1.54) is 12.1 Å². The first-order valence-corrected chi connectivity index (χ1v) is 7.05.